The summed E-state index contributed by atoms with van der Waals surface area (Å²) in [5.74, 6) is 1.79. The molecule has 3 heteroatoms. The van der Waals surface area contributed by atoms with Crippen LogP contribution >= 0.6 is 0 Å². The van der Waals surface area contributed by atoms with Gasteiger partial charge in [-0.1, -0.05) is 30.4 Å². The summed E-state index contributed by atoms with van der Waals surface area (Å²) < 4.78 is 6.02. The molecule has 1 heterocycles. The van der Waals surface area contributed by atoms with Crippen molar-refractivity contribution in [1.82, 2.24) is 4.90 Å². The van der Waals surface area contributed by atoms with Crippen LogP contribution in [0.5, 0.6) is 5.75 Å². The number of nitrogens with zero attached hydrogens (tertiary/aromatic N) is 2. The van der Waals surface area contributed by atoms with Crippen molar-refractivity contribution < 1.29 is 6.16 Å². The van der Waals surface area contributed by atoms with E-state index >= 15 is 0 Å². The highest BCUT2D eigenvalue weighted by Gasteiger charge is 2.16. The van der Waals surface area contributed by atoms with Crippen LogP contribution in [-0.2, 0) is 6.42 Å². The minimum atomic E-state index is 0. The maximum absolute atomic E-state index is 9.62. The molecule has 1 aliphatic rings. The Balaban J connectivity index is 0.00000363. The quantitative estimate of drug-likeness (QED) is 0.332. The molecule has 31 heavy (non-hydrogen) atoms. The molecule has 0 atom stereocenters. The van der Waals surface area contributed by atoms with Gasteiger partial charge in [0.25, 0.3) is 0 Å². The summed E-state index contributed by atoms with van der Waals surface area (Å²) in [5, 5.41) is 9.62. The standard InChI is InChI=1S/C28H36N2O.H2/c1-4-5-6-9-27-25(21-29)11-10-22(2)28(27)24-12-14-26(15-13-24)31-20-7-8-23-16-18-30(3)19-17-23;/h4-5,10-15,23H,6-9,16-20H2,1-3H3;1H/b5-4+;. The molecule has 0 amide bonds. The third-order valence-electron chi connectivity index (χ3n) is 6.44. The number of nitriles is 1. The van der Waals surface area contributed by atoms with Gasteiger partial charge in [0.05, 0.1) is 18.2 Å². The van der Waals surface area contributed by atoms with Gasteiger partial charge in [-0.15, -0.1) is 0 Å². The van der Waals surface area contributed by atoms with Crippen molar-refractivity contribution in [1.29, 1.82) is 5.26 Å². The molecular weight excluding hydrogens is 380 g/mol. The van der Waals surface area contributed by atoms with Crippen LogP contribution in [0.1, 0.15) is 57.1 Å². The lowest BCUT2D eigenvalue weighted by Gasteiger charge is -2.28. The summed E-state index contributed by atoms with van der Waals surface area (Å²) in [7, 11) is 2.21. The summed E-state index contributed by atoms with van der Waals surface area (Å²) in [6, 6.07) is 14.8. The fraction of sp³-hybridized carbons (Fsp3) is 0.464. The first-order valence-corrected chi connectivity index (χ1v) is 11.7. The Morgan fingerprint density at radius 2 is 1.90 bits per heavy atom. The van der Waals surface area contributed by atoms with E-state index < -0.39 is 0 Å². The monoisotopic (exact) mass is 418 g/mol. The molecule has 0 N–H and O–H groups in total. The summed E-state index contributed by atoms with van der Waals surface area (Å²) in [6.07, 6.45) is 11.1. The lowest BCUT2D eigenvalue weighted by atomic mass is 9.89. The van der Waals surface area contributed by atoms with Crippen LogP contribution in [0.2, 0.25) is 0 Å². The maximum atomic E-state index is 9.62. The van der Waals surface area contributed by atoms with Crippen molar-refractivity contribution in [2.75, 3.05) is 26.7 Å². The third kappa shape index (κ3) is 6.45. The first kappa shape index (κ1) is 23.1. The van der Waals surface area contributed by atoms with Gasteiger partial charge in [0.15, 0.2) is 0 Å². The summed E-state index contributed by atoms with van der Waals surface area (Å²) >= 11 is 0. The number of hydrogen-bond donors (Lipinski definition) is 0. The van der Waals surface area contributed by atoms with Crippen LogP contribution in [0.3, 0.4) is 0 Å². The lowest BCUT2D eigenvalue weighted by molar-refractivity contribution is 0.200. The molecule has 1 saturated heterocycles. The number of rotatable bonds is 9. The van der Waals surface area contributed by atoms with E-state index in [0.717, 1.165) is 54.2 Å². The van der Waals surface area contributed by atoms with E-state index in [1.807, 2.05) is 13.0 Å². The molecule has 2 aromatic carbocycles. The number of aryl methyl sites for hydroxylation is 1. The minimum absolute atomic E-state index is 0. The van der Waals surface area contributed by atoms with Crippen LogP contribution < -0.4 is 4.74 Å². The smallest absolute Gasteiger partial charge is 0.119 e. The molecule has 2 aromatic rings. The SMILES string of the molecule is C/C=C/CCc1c(C#N)ccc(C)c1-c1ccc(OCCCC2CCN(C)CC2)cc1.[HH]. The van der Waals surface area contributed by atoms with Gasteiger partial charge in [-0.3, -0.25) is 0 Å². The lowest BCUT2D eigenvalue weighted by Crippen LogP contribution is -2.30. The van der Waals surface area contributed by atoms with Crippen molar-refractivity contribution in [2.24, 2.45) is 5.92 Å². The van der Waals surface area contributed by atoms with Crippen LogP contribution in [0.4, 0.5) is 0 Å². The van der Waals surface area contributed by atoms with E-state index in [1.165, 1.54) is 43.5 Å². The maximum Gasteiger partial charge on any atom is 0.119 e. The topological polar surface area (TPSA) is 36.3 Å². The molecule has 0 spiro atoms. The van der Waals surface area contributed by atoms with E-state index in [4.69, 9.17) is 4.74 Å². The zero-order valence-corrected chi connectivity index (χ0v) is 19.4. The second-order valence-corrected chi connectivity index (χ2v) is 8.76. The van der Waals surface area contributed by atoms with E-state index in [-0.39, 0.29) is 1.43 Å². The number of ether oxygens (including phenoxy) is 1. The van der Waals surface area contributed by atoms with Crippen molar-refractivity contribution in [2.45, 2.75) is 52.4 Å². The van der Waals surface area contributed by atoms with Gasteiger partial charge in [-0.25, -0.2) is 0 Å². The molecule has 1 aliphatic heterocycles. The average Bonchev–Trinajstić information content (AvgIpc) is 2.79. The number of piperidine rings is 1. The Bertz CT molecular complexity index is 906. The Hall–Kier alpha value is -2.57. The van der Waals surface area contributed by atoms with Gasteiger partial charge >= 0.3 is 0 Å². The molecule has 3 rings (SSSR count). The normalized spacial score (nSPS) is 15.3. The molecule has 166 valence electrons. The zero-order valence-electron chi connectivity index (χ0n) is 19.4. The summed E-state index contributed by atoms with van der Waals surface area (Å²) in [4.78, 5) is 2.43. The largest absolute Gasteiger partial charge is 0.494 e. The van der Waals surface area contributed by atoms with Crippen LogP contribution in [0, 0.1) is 24.2 Å². The fourth-order valence-corrected chi connectivity index (χ4v) is 4.56. The summed E-state index contributed by atoms with van der Waals surface area (Å²) in [5.41, 5.74) is 5.48. The number of likely N-dealkylation sites (tertiary alicyclic amines) is 1. The fourth-order valence-electron chi connectivity index (χ4n) is 4.56. The predicted octanol–water partition coefficient (Wildman–Crippen LogP) is 6.79. The molecule has 0 saturated carbocycles. The molecular formula is C28H38N2O. The molecule has 3 nitrogen and oxygen atoms in total. The molecule has 0 aliphatic carbocycles. The molecule has 0 radical (unpaired) electrons. The molecule has 0 unspecified atom stereocenters. The van der Waals surface area contributed by atoms with Crippen molar-refractivity contribution in [3.8, 4) is 22.9 Å². The Morgan fingerprint density at radius 1 is 1.16 bits per heavy atom. The first-order valence-electron chi connectivity index (χ1n) is 11.7. The number of hydrogen-bond acceptors (Lipinski definition) is 3. The second-order valence-electron chi connectivity index (χ2n) is 8.76. The zero-order chi connectivity index (χ0) is 22.1. The van der Waals surface area contributed by atoms with E-state index in [1.54, 1.807) is 0 Å². The van der Waals surface area contributed by atoms with Crippen LogP contribution in [-0.4, -0.2) is 31.6 Å². The first-order chi connectivity index (χ1) is 15.1. The number of benzene rings is 2. The van der Waals surface area contributed by atoms with Crippen LogP contribution in [0.25, 0.3) is 11.1 Å². The van der Waals surface area contributed by atoms with Gasteiger partial charge in [0, 0.05) is 1.43 Å². The van der Waals surface area contributed by atoms with Gasteiger partial charge < -0.3 is 9.64 Å². The average molecular weight is 419 g/mol. The predicted molar refractivity (Wildman–Crippen MR) is 132 cm³/mol. The molecule has 0 aromatic heterocycles. The van der Waals surface area contributed by atoms with Crippen molar-refractivity contribution >= 4 is 0 Å². The molecule has 0 bridgehead atoms. The van der Waals surface area contributed by atoms with Crippen LogP contribution in [0.15, 0.2) is 48.6 Å². The highest BCUT2D eigenvalue weighted by Crippen LogP contribution is 2.32. The van der Waals surface area contributed by atoms with E-state index in [9.17, 15) is 5.26 Å². The Kier molecular flexibility index (Phi) is 8.74. The third-order valence-corrected chi connectivity index (χ3v) is 6.44. The second kappa shape index (κ2) is 11.7. The Labute approximate surface area is 189 Å². The molecule has 1 fully saturated rings. The van der Waals surface area contributed by atoms with Gasteiger partial charge in [0.2, 0.25) is 0 Å². The van der Waals surface area contributed by atoms with Crippen molar-refractivity contribution in [3.63, 3.8) is 0 Å². The van der Waals surface area contributed by atoms with Gasteiger partial charge in [-0.05, 0) is 119 Å². The minimum Gasteiger partial charge on any atom is -0.494 e. The Morgan fingerprint density at radius 3 is 2.58 bits per heavy atom. The van der Waals surface area contributed by atoms with Gasteiger partial charge in [0.1, 0.15) is 5.75 Å². The highest BCUT2D eigenvalue weighted by molar-refractivity contribution is 5.74. The highest BCUT2D eigenvalue weighted by atomic mass is 16.5. The van der Waals surface area contributed by atoms with E-state index in [2.05, 4.69) is 67.4 Å². The summed E-state index contributed by atoms with van der Waals surface area (Å²) in [6.45, 7) is 7.41. The number of allylic oxidation sites excluding steroid dienone is 2. The van der Waals surface area contributed by atoms with E-state index in [0.29, 0.717) is 0 Å². The van der Waals surface area contributed by atoms with Gasteiger partial charge in [-0.2, -0.15) is 5.26 Å². The van der Waals surface area contributed by atoms with Crippen molar-refractivity contribution in [3.05, 3.63) is 65.2 Å².